The summed E-state index contributed by atoms with van der Waals surface area (Å²) in [5.74, 6) is 0. The maximum Gasteiger partial charge on any atom is 0.286 e. The summed E-state index contributed by atoms with van der Waals surface area (Å²) in [5, 5.41) is 6.83. The summed E-state index contributed by atoms with van der Waals surface area (Å²) in [6, 6.07) is 50.3. The van der Waals surface area contributed by atoms with E-state index in [4.69, 9.17) is 0 Å². The van der Waals surface area contributed by atoms with Gasteiger partial charge in [-0.3, -0.25) is 0 Å². The van der Waals surface area contributed by atoms with Gasteiger partial charge in [0.2, 0.25) is 0 Å². The number of hydrogen-bond acceptors (Lipinski definition) is 1. The Morgan fingerprint density at radius 2 is 0.788 bits per heavy atom. The molecule has 0 saturated carbocycles. The van der Waals surface area contributed by atoms with Gasteiger partial charge in [-0.15, -0.1) is 0 Å². The topological polar surface area (TPSA) is 20.2 Å². The fourth-order valence-corrected chi connectivity index (χ4v) is 10.7. The lowest BCUT2D eigenvalue weighted by atomic mass is 10.3. The lowest BCUT2D eigenvalue weighted by Crippen LogP contribution is -2.70. The van der Waals surface area contributed by atoms with Gasteiger partial charge in [0.25, 0.3) is 8.32 Å². The van der Waals surface area contributed by atoms with Crippen molar-refractivity contribution in [3.63, 3.8) is 0 Å². The van der Waals surface area contributed by atoms with Crippen molar-refractivity contribution >= 4 is 47.7 Å². The van der Waals surface area contributed by atoms with Crippen molar-refractivity contribution in [1.29, 1.82) is 0 Å². The van der Waals surface area contributed by atoms with Crippen molar-refractivity contribution in [2.45, 2.75) is 0 Å². The average Bonchev–Trinajstić information content (AvgIpc) is 2.91. The molecule has 5 rings (SSSR count). The first-order valence-corrected chi connectivity index (χ1v) is 14.4. The van der Waals surface area contributed by atoms with E-state index in [1.807, 2.05) is 36.4 Å². The molecule has 0 aliphatic rings. The molecule has 0 fully saturated rings. The predicted molar refractivity (Wildman–Crippen MR) is 145 cm³/mol. The highest BCUT2D eigenvalue weighted by Crippen LogP contribution is 2.32. The highest BCUT2D eigenvalue weighted by Gasteiger charge is 2.41. The largest absolute Gasteiger partial charge is 0.421 e. The van der Waals surface area contributed by atoms with Crippen LogP contribution in [0.5, 0.6) is 0 Å². The normalized spacial score (nSPS) is 11.5. The van der Waals surface area contributed by atoms with Crippen molar-refractivity contribution in [3.05, 3.63) is 146 Å². The number of benzene rings is 5. The number of rotatable bonds is 6. The zero-order chi connectivity index (χ0) is 22.5. The second-order valence-electron chi connectivity index (χ2n) is 7.97. The Hall–Kier alpha value is -3.29. The standard InChI is InChI=1S/C30H25OPSi/c31-33(27-19-9-3-10-20-27,28-21-11-4-12-22-28)30-24-14-13-23-29(30)32(25-15-5-1-6-16-25)26-17-7-2-8-18-26/h1-24,31H. The summed E-state index contributed by atoms with van der Waals surface area (Å²) in [7, 11) is -4.07. The highest BCUT2D eigenvalue weighted by molar-refractivity contribution is 7.80. The van der Waals surface area contributed by atoms with E-state index in [2.05, 4.69) is 109 Å². The van der Waals surface area contributed by atoms with E-state index < -0.39 is 16.2 Å². The Labute approximate surface area is 197 Å². The van der Waals surface area contributed by atoms with E-state index in [1.165, 1.54) is 15.9 Å². The monoisotopic (exact) mass is 460 g/mol. The summed E-state index contributed by atoms with van der Waals surface area (Å²) in [6.45, 7) is 0. The fraction of sp³-hybridized carbons (Fsp3) is 0. The van der Waals surface area contributed by atoms with Crippen LogP contribution in [0.3, 0.4) is 0 Å². The van der Waals surface area contributed by atoms with Crippen molar-refractivity contribution < 1.29 is 4.80 Å². The predicted octanol–water partition coefficient (Wildman–Crippen LogP) is 3.40. The van der Waals surface area contributed by atoms with Crippen molar-refractivity contribution in [1.82, 2.24) is 0 Å². The Morgan fingerprint density at radius 1 is 0.424 bits per heavy atom. The van der Waals surface area contributed by atoms with Crippen LogP contribution in [0.25, 0.3) is 0 Å². The van der Waals surface area contributed by atoms with Crippen molar-refractivity contribution in [3.8, 4) is 0 Å². The summed E-state index contributed by atoms with van der Waals surface area (Å²) in [6.07, 6.45) is 0. The van der Waals surface area contributed by atoms with Gasteiger partial charge in [0.05, 0.1) is 0 Å². The molecule has 160 valence electrons. The quantitative estimate of drug-likeness (QED) is 0.234. The molecule has 0 aromatic heterocycles. The van der Waals surface area contributed by atoms with Crippen LogP contribution in [0.4, 0.5) is 0 Å². The SMILES string of the molecule is O[Si](c1ccccc1)(c1ccccc1)c1ccccc1P(c1ccccc1)c1ccccc1. The first-order chi connectivity index (χ1) is 16.3. The minimum Gasteiger partial charge on any atom is -0.421 e. The molecule has 0 atom stereocenters. The molecule has 0 aliphatic carbocycles. The summed E-state index contributed by atoms with van der Waals surface area (Å²) in [4.78, 5) is 12.7. The maximum atomic E-state index is 12.7. The Kier molecular flexibility index (Phi) is 6.32. The molecule has 1 nitrogen and oxygen atoms in total. The molecular formula is C30H25OPSi. The molecular weight excluding hydrogens is 435 g/mol. The van der Waals surface area contributed by atoms with Crippen molar-refractivity contribution in [2.24, 2.45) is 0 Å². The lowest BCUT2D eigenvalue weighted by molar-refractivity contribution is 0.583. The summed E-state index contributed by atoms with van der Waals surface area (Å²) in [5.41, 5.74) is 0. The van der Waals surface area contributed by atoms with Gasteiger partial charge in [-0.25, -0.2) is 0 Å². The molecule has 5 aromatic rings. The molecule has 0 unspecified atom stereocenters. The molecule has 0 bridgehead atoms. The minimum atomic E-state index is -3.23. The molecule has 1 N–H and O–H groups in total. The van der Waals surface area contributed by atoms with Gasteiger partial charge < -0.3 is 4.80 Å². The highest BCUT2D eigenvalue weighted by atomic mass is 31.1. The van der Waals surface area contributed by atoms with Gasteiger partial charge in [-0.05, 0) is 39.4 Å². The van der Waals surface area contributed by atoms with Crippen LogP contribution >= 0.6 is 7.92 Å². The van der Waals surface area contributed by atoms with Crippen LogP contribution < -0.4 is 31.5 Å². The van der Waals surface area contributed by atoms with Crippen LogP contribution in [0.2, 0.25) is 0 Å². The molecule has 0 saturated heterocycles. The van der Waals surface area contributed by atoms with Gasteiger partial charge in [-0.1, -0.05) is 146 Å². The fourth-order valence-electron chi connectivity index (χ4n) is 4.39. The third-order valence-corrected chi connectivity index (χ3v) is 12.2. The van der Waals surface area contributed by atoms with E-state index >= 15 is 0 Å². The van der Waals surface area contributed by atoms with Gasteiger partial charge in [0, 0.05) is 0 Å². The molecule has 33 heavy (non-hydrogen) atoms. The van der Waals surface area contributed by atoms with Crippen LogP contribution in [-0.4, -0.2) is 13.1 Å². The lowest BCUT2D eigenvalue weighted by Gasteiger charge is -2.31. The van der Waals surface area contributed by atoms with E-state index in [0.717, 1.165) is 15.6 Å². The third kappa shape index (κ3) is 4.21. The van der Waals surface area contributed by atoms with Crippen LogP contribution in [-0.2, 0) is 0 Å². The zero-order valence-corrected chi connectivity index (χ0v) is 20.1. The van der Waals surface area contributed by atoms with Gasteiger partial charge in [0.1, 0.15) is 0 Å². The minimum absolute atomic E-state index is 0.837. The second kappa shape index (κ2) is 9.68. The van der Waals surface area contributed by atoms with Crippen LogP contribution in [0, 0.1) is 0 Å². The zero-order valence-electron chi connectivity index (χ0n) is 18.3. The molecule has 0 amide bonds. The smallest absolute Gasteiger partial charge is 0.286 e. The van der Waals surface area contributed by atoms with Gasteiger partial charge in [-0.2, -0.15) is 0 Å². The van der Waals surface area contributed by atoms with E-state index in [9.17, 15) is 4.80 Å². The first kappa shape index (κ1) is 21.5. The third-order valence-electron chi connectivity index (χ3n) is 5.95. The molecule has 0 heterocycles. The Balaban J connectivity index is 1.80. The summed E-state index contributed by atoms with van der Waals surface area (Å²) >= 11 is 0. The summed E-state index contributed by atoms with van der Waals surface area (Å²) < 4.78 is 0. The second-order valence-corrected chi connectivity index (χ2v) is 13.3. The van der Waals surface area contributed by atoms with Gasteiger partial charge in [0.15, 0.2) is 0 Å². The van der Waals surface area contributed by atoms with Crippen LogP contribution in [0.15, 0.2) is 146 Å². The van der Waals surface area contributed by atoms with E-state index in [0.29, 0.717) is 0 Å². The molecule has 3 heteroatoms. The van der Waals surface area contributed by atoms with Crippen molar-refractivity contribution in [2.75, 3.05) is 0 Å². The number of hydrogen-bond donors (Lipinski definition) is 1. The Morgan fingerprint density at radius 3 is 1.24 bits per heavy atom. The molecule has 0 spiro atoms. The molecule has 5 aromatic carbocycles. The maximum absolute atomic E-state index is 12.7. The van der Waals surface area contributed by atoms with Gasteiger partial charge >= 0.3 is 0 Å². The van der Waals surface area contributed by atoms with E-state index in [-0.39, 0.29) is 0 Å². The molecule has 0 radical (unpaired) electrons. The first-order valence-electron chi connectivity index (χ1n) is 11.1. The van der Waals surface area contributed by atoms with E-state index in [1.54, 1.807) is 0 Å². The molecule has 0 aliphatic heterocycles. The van der Waals surface area contributed by atoms with Crippen LogP contribution in [0.1, 0.15) is 0 Å². The Bertz CT molecular complexity index is 1230. The average molecular weight is 461 g/mol.